The molecule has 0 aromatic carbocycles. The molecule has 1 amide bonds. The zero-order valence-electron chi connectivity index (χ0n) is 9.04. The lowest BCUT2D eigenvalue weighted by atomic mass is 10.3. The van der Waals surface area contributed by atoms with Crippen LogP contribution in [0, 0.1) is 5.92 Å². The molecule has 84 valence electrons. The Morgan fingerprint density at radius 1 is 1.33 bits per heavy atom. The summed E-state index contributed by atoms with van der Waals surface area (Å²) in [7, 11) is 0. The van der Waals surface area contributed by atoms with Gasteiger partial charge in [0.1, 0.15) is 0 Å². The minimum Gasteiger partial charge on any atom is -0.387 e. The molecule has 4 nitrogen and oxygen atoms in total. The van der Waals surface area contributed by atoms with Crippen molar-refractivity contribution in [2.24, 2.45) is 16.6 Å². The van der Waals surface area contributed by atoms with Crippen LogP contribution < -0.4 is 11.1 Å². The van der Waals surface area contributed by atoms with E-state index in [0.29, 0.717) is 24.9 Å². The first kappa shape index (κ1) is 10.5. The van der Waals surface area contributed by atoms with Gasteiger partial charge in [-0.15, -0.1) is 0 Å². The van der Waals surface area contributed by atoms with Gasteiger partial charge in [-0.25, -0.2) is 0 Å². The van der Waals surface area contributed by atoms with E-state index in [1.54, 1.807) is 0 Å². The SMILES string of the molecule is NC(=NCCCC(=O)NC1CC1)C1CC1. The molecule has 2 aliphatic rings. The van der Waals surface area contributed by atoms with Gasteiger partial charge in [0.15, 0.2) is 0 Å². The summed E-state index contributed by atoms with van der Waals surface area (Å²) in [4.78, 5) is 15.6. The number of nitrogens with one attached hydrogen (secondary N) is 1. The van der Waals surface area contributed by atoms with E-state index in [4.69, 9.17) is 5.73 Å². The van der Waals surface area contributed by atoms with Gasteiger partial charge < -0.3 is 11.1 Å². The van der Waals surface area contributed by atoms with Gasteiger partial charge in [-0.1, -0.05) is 0 Å². The van der Waals surface area contributed by atoms with Gasteiger partial charge in [0.25, 0.3) is 0 Å². The summed E-state index contributed by atoms with van der Waals surface area (Å²) in [6.07, 6.45) is 6.08. The molecule has 0 saturated heterocycles. The Labute approximate surface area is 90.3 Å². The van der Waals surface area contributed by atoms with Gasteiger partial charge in [0.05, 0.1) is 5.84 Å². The molecule has 3 N–H and O–H groups in total. The molecule has 0 radical (unpaired) electrons. The molecule has 0 heterocycles. The Morgan fingerprint density at radius 3 is 2.67 bits per heavy atom. The van der Waals surface area contributed by atoms with Crippen LogP contribution in [0.3, 0.4) is 0 Å². The number of hydrogen-bond donors (Lipinski definition) is 2. The van der Waals surface area contributed by atoms with Crippen LogP contribution in [0.15, 0.2) is 4.99 Å². The van der Waals surface area contributed by atoms with E-state index in [1.165, 1.54) is 12.8 Å². The quantitative estimate of drug-likeness (QED) is 0.386. The van der Waals surface area contributed by atoms with Gasteiger partial charge in [0.2, 0.25) is 5.91 Å². The van der Waals surface area contributed by atoms with E-state index >= 15 is 0 Å². The Balaban J connectivity index is 1.53. The van der Waals surface area contributed by atoms with Crippen molar-refractivity contribution in [1.82, 2.24) is 5.32 Å². The van der Waals surface area contributed by atoms with Crippen LogP contribution in [0.1, 0.15) is 38.5 Å². The molecule has 4 heteroatoms. The van der Waals surface area contributed by atoms with E-state index in [0.717, 1.165) is 25.1 Å². The molecule has 2 rings (SSSR count). The lowest BCUT2D eigenvalue weighted by Crippen LogP contribution is -2.25. The average molecular weight is 209 g/mol. The third-order valence-corrected chi connectivity index (χ3v) is 2.79. The second-order valence-corrected chi connectivity index (χ2v) is 4.53. The van der Waals surface area contributed by atoms with Crippen molar-refractivity contribution in [3.63, 3.8) is 0 Å². The molecule has 0 atom stereocenters. The Morgan fingerprint density at radius 2 is 2.07 bits per heavy atom. The van der Waals surface area contributed by atoms with Crippen molar-refractivity contribution in [3.05, 3.63) is 0 Å². The van der Waals surface area contributed by atoms with E-state index in [1.807, 2.05) is 0 Å². The molecular weight excluding hydrogens is 190 g/mol. The maximum Gasteiger partial charge on any atom is 0.220 e. The summed E-state index contributed by atoms with van der Waals surface area (Å²) in [6.45, 7) is 0.695. The van der Waals surface area contributed by atoms with Crippen LogP contribution in [-0.4, -0.2) is 24.3 Å². The summed E-state index contributed by atoms with van der Waals surface area (Å²) in [6, 6.07) is 0.470. The first-order chi connectivity index (χ1) is 7.25. The third kappa shape index (κ3) is 3.90. The third-order valence-electron chi connectivity index (χ3n) is 2.79. The fraction of sp³-hybridized carbons (Fsp3) is 0.818. The second kappa shape index (κ2) is 4.64. The van der Waals surface area contributed by atoms with Crippen molar-refractivity contribution < 1.29 is 4.79 Å². The predicted molar refractivity (Wildman–Crippen MR) is 59.6 cm³/mol. The molecule has 0 aliphatic heterocycles. The summed E-state index contributed by atoms with van der Waals surface area (Å²) < 4.78 is 0. The van der Waals surface area contributed by atoms with Crippen LogP contribution in [0.4, 0.5) is 0 Å². The lowest BCUT2D eigenvalue weighted by molar-refractivity contribution is -0.121. The topological polar surface area (TPSA) is 67.5 Å². The van der Waals surface area contributed by atoms with Gasteiger partial charge in [-0.3, -0.25) is 9.79 Å². The fourth-order valence-corrected chi connectivity index (χ4v) is 1.48. The summed E-state index contributed by atoms with van der Waals surface area (Å²) >= 11 is 0. The van der Waals surface area contributed by atoms with Crippen LogP contribution in [-0.2, 0) is 4.79 Å². The molecule has 0 bridgehead atoms. The van der Waals surface area contributed by atoms with E-state index in [2.05, 4.69) is 10.3 Å². The van der Waals surface area contributed by atoms with Gasteiger partial charge >= 0.3 is 0 Å². The molecule has 0 spiro atoms. The minimum absolute atomic E-state index is 0.165. The number of amides is 1. The van der Waals surface area contributed by atoms with Crippen LogP contribution in [0.25, 0.3) is 0 Å². The number of rotatable bonds is 6. The first-order valence-electron chi connectivity index (χ1n) is 5.85. The highest BCUT2D eigenvalue weighted by Crippen LogP contribution is 2.28. The summed E-state index contributed by atoms with van der Waals surface area (Å²) in [5, 5.41) is 2.96. The first-order valence-corrected chi connectivity index (χ1v) is 5.85. The normalized spacial score (nSPS) is 21.5. The van der Waals surface area contributed by atoms with Crippen molar-refractivity contribution in [2.45, 2.75) is 44.6 Å². The van der Waals surface area contributed by atoms with Crippen molar-refractivity contribution in [1.29, 1.82) is 0 Å². The van der Waals surface area contributed by atoms with Gasteiger partial charge in [-0.05, 0) is 32.1 Å². The number of carbonyl (C=O) groups excluding carboxylic acids is 1. The lowest BCUT2D eigenvalue weighted by Gasteiger charge is -2.01. The highest BCUT2D eigenvalue weighted by atomic mass is 16.1. The number of hydrogen-bond acceptors (Lipinski definition) is 2. The predicted octanol–water partition coefficient (Wildman–Crippen LogP) is 0.812. The van der Waals surface area contributed by atoms with Crippen molar-refractivity contribution in [2.75, 3.05) is 6.54 Å². The van der Waals surface area contributed by atoms with Crippen molar-refractivity contribution >= 4 is 11.7 Å². The standard InChI is InChI=1S/C11H19N3O/c12-11(8-3-4-8)13-7-1-2-10(15)14-9-5-6-9/h8-9H,1-7H2,(H2,12,13)(H,14,15). The highest BCUT2D eigenvalue weighted by Gasteiger charge is 2.25. The fourth-order valence-electron chi connectivity index (χ4n) is 1.48. The number of carbonyl (C=O) groups is 1. The molecule has 2 fully saturated rings. The van der Waals surface area contributed by atoms with Crippen molar-refractivity contribution in [3.8, 4) is 0 Å². The Bertz CT molecular complexity index is 267. The number of nitrogens with two attached hydrogens (primary N) is 1. The number of nitrogens with zero attached hydrogens (tertiary/aromatic N) is 1. The van der Waals surface area contributed by atoms with Gasteiger partial charge in [-0.2, -0.15) is 0 Å². The average Bonchev–Trinajstić information content (AvgIpc) is 3.00. The second-order valence-electron chi connectivity index (χ2n) is 4.53. The number of aliphatic imine (C=N–C) groups is 1. The summed E-state index contributed by atoms with van der Waals surface area (Å²) in [5.74, 6) is 1.50. The molecule has 15 heavy (non-hydrogen) atoms. The van der Waals surface area contributed by atoms with E-state index in [9.17, 15) is 4.79 Å². The maximum atomic E-state index is 11.3. The summed E-state index contributed by atoms with van der Waals surface area (Å²) in [5.41, 5.74) is 5.74. The monoisotopic (exact) mass is 209 g/mol. The van der Waals surface area contributed by atoms with E-state index in [-0.39, 0.29) is 5.91 Å². The highest BCUT2D eigenvalue weighted by molar-refractivity contribution is 5.84. The van der Waals surface area contributed by atoms with Crippen LogP contribution >= 0.6 is 0 Å². The van der Waals surface area contributed by atoms with Gasteiger partial charge in [0, 0.05) is 24.9 Å². The molecule has 2 saturated carbocycles. The van der Waals surface area contributed by atoms with Crippen LogP contribution in [0.2, 0.25) is 0 Å². The molecule has 0 aromatic rings. The minimum atomic E-state index is 0.165. The molecule has 2 aliphatic carbocycles. The number of amidine groups is 1. The zero-order valence-corrected chi connectivity index (χ0v) is 9.04. The Hall–Kier alpha value is -1.06. The van der Waals surface area contributed by atoms with E-state index < -0.39 is 0 Å². The molecular formula is C11H19N3O. The molecule has 0 aromatic heterocycles. The maximum absolute atomic E-state index is 11.3. The molecule has 0 unspecified atom stereocenters. The largest absolute Gasteiger partial charge is 0.387 e. The smallest absolute Gasteiger partial charge is 0.220 e. The van der Waals surface area contributed by atoms with Crippen LogP contribution in [0.5, 0.6) is 0 Å². The zero-order chi connectivity index (χ0) is 10.7. The Kier molecular flexibility index (Phi) is 3.23.